The quantitative estimate of drug-likeness (QED) is 0.0815. The van der Waals surface area contributed by atoms with Crippen molar-refractivity contribution in [2.75, 3.05) is 49.9 Å². The second-order valence-corrected chi connectivity index (χ2v) is 19.4. The Morgan fingerprint density at radius 2 is 1.72 bits per heavy atom. The molecule has 6 aromatic rings. The highest BCUT2D eigenvalue weighted by molar-refractivity contribution is 5.91. The second kappa shape index (κ2) is 21.4. The van der Waals surface area contributed by atoms with Gasteiger partial charge in [0.2, 0.25) is 17.7 Å². The van der Waals surface area contributed by atoms with Crippen LogP contribution in [-0.2, 0) is 16.6 Å². The third-order valence-corrected chi connectivity index (χ3v) is 14.1. The van der Waals surface area contributed by atoms with Gasteiger partial charge in [0.25, 0.3) is 0 Å². The van der Waals surface area contributed by atoms with Gasteiger partial charge in [0.1, 0.15) is 29.6 Å². The van der Waals surface area contributed by atoms with Crippen molar-refractivity contribution in [3.63, 3.8) is 0 Å². The Morgan fingerprint density at radius 1 is 0.958 bits per heavy atom. The van der Waals surface area contributed by atoms with Crippen molar-refractivity contribution in [3.8, 4) is 34.1 Å². The number of carbonyl (C=O) groups is 2. The molecule has 0 spiro atoms. The minimum Gasteiger partial charge on any atom is -0.507 e. The minimum absolute atomic E-state index is 0.00407. The predicted molar refractivity (Wildman–Crippen MR) is 267 cm³/mol. The molecule has 0 aliphatic carbocycles. The van der Waals surface area contributed by atoms with E-state index in [1.807, 2.05) is 68.9 Å². The van der Waals surface area contributed by atoms with E-state index < -0.39 is 23.9 Å². The summed E-state index contributed by atoms with van der Waals surface area (Å²) in [6.07, 6.45) is 7.64. The van der Waals surface area contributed by atoms with E-state index >= 15 is 4.39 Å². The molecule has 0 saturated carbocycles. The van der Waals surface area contributed by atoms with E-state index in [0.717, 1.165) is 75.2 Å². The van der Waals surface area contributed by atoms with Crippen molar-refractivity contribution in [1.29, 1.82) is 0 Å². The Kier molecular flexibility index (Phi) is 14.7. The number of rotatable bonds is 15. The molecular weight excluding hydrogens is 906 g/mol. The van der Waals surface area contributed by atoms with Crippen LogP contribution in [-0.4, -0.2) is 119 Å². The van der Waals surface area contributed by atoms with Crippen molar-refractivity contribution in [1.82, 2.24) is 45.2 Å². The van der Waals surface area contributed by atoms with Gasteiger partial charge in [-0.05, 0) is 97.5 Å². The van der Waals surface area contributed by atoms with Crippen LogP contribution in [0.2, 0.25) is 0 Å². The van der Waals surface area contributed by atoms with Crippen LogP contribution in [0.1, 0.15) is 87.3 Å². The number of nitrogens with zero attached hydrogens (tertiary/aromatic N) is 9. The van der Waals surface area contributed by atoms with Gasteiger partial charge >= 0.3 is 0 Å². The first-order chi connectivity index (χ1) is 34.3. The normalized spacial score (nSPS) is 19.3. The number of para-hydroxylation sites is 1. The van der Waals surface area contributed by atoms with Gasteiger partial charge in [-0.15, -0.1) is 10.2 Å². The lowest BCUT2D eigenvalue weighted by molar-refractivity contribution is -0.141. The van der Waals surface area contributed by atoms with Crippen LogP contribution in [0.25, 0.3) is 34.4 Å². The summed E-state index contributed by atoms with van der Waals surface area (Å²) in [7, 11) is 1.89. The molecule has 18 heteroatoms. The molecule has 71 heavy (non-hydrogen) atoms. The summed E-state index contributed by atoms with van der Waals surface area (Å²) in [5.41, 5.74) is 10.3. The number of aromatic hydroxyl groups is 1. The predicted octanol–water partition coefficient (Wildman–Crippen LogP) is 7.02. The molecule has 2 amide bonds. The molecule has 4 atom stereocenters. The van der Waals surface area contributed by atoms with Crippen LogP contribution in [0.4, 0.5) is 16.0 Å². The molecule has 3 fully saturated rings. The maximum Gasteiger partial charge on any atom is 0.243 e. The highest BCUT2D eigenvalue weighted by Gasteiger charge is 2.44. The van der Waals surface area contributed by atoms with E-state index in [4.69, 9.17) is 15.0 Å². The first-order valence-corrected chi connectivity index (χ1v) is 24.5. The van der Waals surface area contributed by atoms with E-state index in [2.05, 4.69) is 40.6 Å². The summed E-state index contributed by atoms with van der Waals surface area (Å²) in [5, 5.41) is 40.8. The van der Waals surface area contributed by atoms with Gasteiger partial charge in [0.05, 0.1) is 29.1 Å². The molecule has 3 saturated heterocycles. The summed E-state index contributed by atoms with van der Waals surface area (Å²) >= 11 is 0. The number of phenols is 1. The number of nitrogen functional groups attached to an aromatic ring is 1. The molecule has 3 aliphatic heterocycles. The number of halogens is 1. The van der Waals surface area contributed by atoms with Gasteiger partial charge in [-0.1, -0.05) is 55.4 Å². The topological polar surface area (TPSA) is 214 Å². The molecule has 3 aliphatic rings. The number of nitrogens with one attached hydrogen (secondary N) is 1. The highest BCUT2D eigenvalue weighted by atomic mass is 19.1. The second-order valence-electron chi connectivity index (χ2n) is 19.4. The van der Waals surface area contributed by atoms with Crippen LogP contribution in [0.5, 0.6) is 11.6 Å². The van der Waals surface area contributed by atoms with E-state index in [1.54, 1.807) is 42.7 Å². The summed E-state index contributed by atoms with van der Waals surface area (Å²) in [5.74, 6) is 0.000761. The van der Waals surface area contributed by atoms with E-state index in [0.29, 0.717) is 40.2 Å². The van der Waals surface area contributed by atoms with Gasteiger partial charge in [0, 0.05) is 82.8 Å². The summed E-state index contributed by atoms with van der Waals surface area (Å²) in [4.78, 5) is 38.8. The lowest BCUT2D eigenvalue weighted by Gasteiger charge is -2.37. The monoisotopic (exact) mass is 967 g/mol. The molecule has 7 heterocycles. The molecule has 17 nitrogen and oxygen atoms in total. The average molecular weight is 968 g/mol. The zero-order valence-electron chi connectivity index (χ0n) is 40.6. The Hall–Kier alpha value is -7.18. The number of anilines is 2. The summed E-state index contributed by atoms with van der Waals surface area (Å²) in [6, 6.07) is 22.1. The Labute approximate surface area is 412 Å². The number of nitrogens with two attached hydrogens (primary N) is 1. The molecular formula is C53H62FN11O6. The third kappa shape index (κ3) is 11.2. The van der Waals surface area contributed by atoms with Crippen molar-refractivity contribution in [2.24, 2.45) is 18.9 Å². The van der Waals surface area contributed by atoms with Crippen LogP contribution < -0.4 is 20.7 Å². The molecule has 2 aromatic carbocycles. The average Bonchev–Trinajstić information content (AvgIpc) is 4.13. The fraction of sp³-hybridized carbons (Fsp3) is 0.415. The van der Waals surface area contributed by atoms with Gasteiger partial charge in [-0.2, -0.15) is 5.10 Å². The maximum atomic E-state index is 15.6. The number of hydrogen-bond donors (Lipinski definition) is 4. The number of amides is 2. The number of hydrogen-bond acceptors (Lipinski definition) is 14. The Morgan fingerprint density at radius 3 is 2.44 bits per heavy atom. The van der Waals surface area contributed by atoms with Crippen LogP contribution >= 0.6 is 0 Å². The van der Waals surface area contributed by atoms with E-state index in [-0.39, 0.29) is 60.0 Å². The molecule has 0 bridgehead atoms. The zero-order chi connectivity index (χ0) is 49.8. The Balaban J connectivity index is 0.740. The molecule has 9 rings (SSSR count). The highest BCUT2D eigenvalue weighted by Crippen LogP contribution is 2.35. The molecule has 0 unspecified atom stereocenters. The fourth-order valence-electron chi connectivity index (χ4n) is 10.1. The summed E-state index contributed by atoms with van der Waals surface area (Å²) in [6.45, 7) is 10.3. The standard InChI is InChI=1S/C53H62FN11O6/c1-32(2)50(53(69)65-31-38(66)27-45(65)52(68)58-33(3)36-9-11-37(12-10-36)44-14-20-57-62(44)4)47-29-48(61-71-47)64-23-15-34(16-24-64)30-63-21-17-39(18-22-63)70-49-26-35(13-19-56-49)25-42(54)41-28-43(59-60-51(41)55)40-7-5-6-8-46(40)67/h5-14,19-20,25-26,28-29,32-34,38-39,45,50,66-67H,15-18,21-24,27,30-31H2,1-4H3,(H2,55,60)(H,58,68)/t33-,38+,45-,50+/m0/s1. The lowest BCUT2D eigenvalue weighted by atomic mass is 9.91. The van der Waals surface area contributed by atoms with E-state index in [9.17, 15) is 19.8 Å². The van der Waals surface area contributed by atoms with Gasteiger partial charge < -0.3 is 45.2 Å². The number of phenolic OH excluding ortho intramolecular Hbond substituents is 1. The van der Waals surface area contributed by atoms with Gasteiger partial charge in [-0.3, -0.25) is 14.3 Å². The number of benzene rings is 2. The van der Waals surface area contributed by atoms with Crippen LogP contribution in [0.3, 0.4) is 0 Å². The minimum atomic E-state index is -0.823. The molecule has 0 radical (unpaired) electrons. The number of pyridine rings is 1. The van der Waals surface area contributed by atoms with Crippen molar-refractivity contribution in [2.45, 2.75) is 83.1 Å². The van der Waals surface area contributed by atoms with Crippen molar-refractivity contribution in [3.05, 3.63) is 114 Å². The number of aliphatic hydroxyl groups excluding tert-OH is 1. The largest absolute Gasteiger partial charge is 0.507 e. The van der Waals surface area contributed by atoms with E-state index in [1.165, 1.54) is 23.1 Å². The van der Waals surface area contributed by atoms with Crippen molar-refractivity contribution < 1.29 is 33.5 Å². The maximum absolute atomic E-state index is 15.6. The first-order valence-electron chi connectivity index (χ1n) is 24.5. The third-order valence-electron chi connectivity index (χ3n) is 14.1. The number of β-amino-alcohol motifs (C(OH)–C–C–N with tert-alkyl or cyclic N) is 1. The van der Waals surface area contributed by atoms with Crippen LogP contribution in [0.15, 0.2) is 95.8 Å². The number of aromatic nitrogens is 6. The Bertz CT molecular complexity index is 2840. The number of likely N-dealkylation sites (tertiary alicyclic amines) is 2. The summed E-state index contributed by atoms with van der Waals surface area (Å²) < 4.78 is 29.6. The van der Waals surface area contributed by atoms with Gasteiger partial charge in [-0.25, -0.2) is 9.37 Å². The number of piperidine rings is 2. The number of ether oxygens (including phenoxy) is 1. The fourth-order valence-corrected chi connectivity index (χ4v) is 10.1. The first kappa shape index (κ1) is 48.8. The molecule has 372 valence electrons. The lowest BCUT2D eigenvalue weighted by Crippen LogP contribution is -2.48. The molecule has 4 aromatic heterocycles. The zero-order valence-corrected chi connectivity index (χ0v) is 40.6. The SMILES string of the molecule is CC(C)[C@@H](C(=O)N1C[C@H](O)C[C@H]1C(=O)N[C@@H](C)c1ccc(-c2ccnn2C)cc1)c1cc(N2CCC(CN3CCC(Oc4cc(C=C(F)c5cc(-c6ccccc6O)nnc5N)ccn4)CC3)CC2)no1. The number of aliphatic hydroxyl groups is 1. The van der Waals surface area contributed by atoms with Crippen LogP contribution in [0, 0.1) is 11.8 Å². The molecule has 5 N–H and O–H groups in total. The smallest absolute Gasteiger partial charge is 0.243 e. The number of carbonyl (C=O) groups excluding carboxylic acids is 2. The number of aryl methyl sites for hydroxylation is 1. The van der Waals surface area contributed by atoms with Crippen molar-refractivity contribution >= 4 is 35.4 Å². The van der Waals surface area contributed by atoms with Gasteiger partial charge in [0.15, 0.2) is 17.4 Å².